The molecule has 1 saturated heterocycles. The Morgan fingerprint density at radius 1 is 1.28 bits per heavy atom. The molecule has 1 aliphatic carbocycles. The van der Waals surface area contributed by atoms with Crippen molar-refractivity contribution in [2.75, 3.05) is 29.8 Å². The molecule has 0 bridgehead atoms. The molecule has 0 unspecified atom stereocenters. The van der Waals surface area contributed by atoms with Gasteiger partial charge in [-0.05, 0) is 45.4 Å². The maximum atomic E-state index is 15.1. The average Bonchev–Trinajstić information content (AvgIpc) is 3.06. The molecule has 11 heteroatoms. The molecule has 1 saturated carbocycles. The van der Waals surface area contributed by atoms with Gasteiger partial charge < -0.3 is 4.90 Å². The van der Waals surface area contributed by atoms with Gasteiger partial charge in [-0.2, -0.15) is 4.39 Å². The first-order chi connectivity index (χ1) is 15.0. The minimum atomic E-state index is -4.74. The van der Waals surface area contributed by atoms with Gasteiger partial charge in [0.25, 0.3) is 10.0 Å². The van der Waals surface area contributed by atoms with Gasteiger partial charge in [-0.3, -0.25) is 9.62 Å². The maximum absolute atomic E-state index is 15.1. The van der Waals surface area contributed by atoms with Crippen molar-refractivity contribution < 1.29 is 21.6 Å². The number of sulfonamides is 1. The summed E-state index contributed by atoms with van der Waals surface area (Å²) in [7, 11) is -2.67. The van der Waals surface area contributed by atoms with Crippen LogP contribution in [-0.2, 0) is 10.0 Å². The summed E-state index contributed by atoms with van der Waals surface area (Å²) in [5.74, 6) is -4.03. The quantitative estimate of drug-likeness (QED) is 0.482. The predicted molar refractivity (Wildman–Crippen MR) is 117 cm³/mol. The molecule has 2 fully saturated rings. The van der Waals surface area contributed by atoms with Gasteiger partial charge in [0, 0.05) is 30.7 Å². The maximum Gasteiger partial charge on any atom is 0.268 e. The monoisotopic (exact) mass is 488 g/mol. The third kappa shape index (κ3) is 4.15. The van der Waals surface area contributed by atoms with Crippen LogP contribution in [0, 0.1) is 17.6 Å². The number of pyridine rings is 1. The highest BCUT2D eigenvalue weighted by atomic mass is 35.5. The highest BCUT2D eigenvalue weighted by Crippen LogP contribution is 2.40. The summed E-state index contributed by atoms with van der Waals surface area (Å²) in [6.07, 6.45) is 4.25. The lowest BCUT2D eigenvalue weighted by Gasteiger charge is -2.45. The number of likely N-dealkylation sites (N-methyl/N-ethyl adjacent to an activating group) is 1. The molecule has 32 heavy (non-hydrogen) atoms. The van der Waals surface area contributed by atoms with Gasteiger partial charge in [-0.25, -0.2) is 22.2 Å². The zero-order valence-electron chi connectivity index (χ0n) is 17.7. The van der Waals surface area contributed by atoms with Gasteiger partial charge >= 0.3 is 0 Å². The predicted octanol–water partition coefficient (Wildman–Crippen LogP) is 4.41. The van der Waals surface area contributed by atoms with E-state index in [1.165, 1.54) is 12.5 Å². The molecule has 1 aromatic heterocycles. The van der Waals surface area contributed by atoms with Gasteiger partial charge in [0.05, 0.1) is 5.69 Å². The van der Waals surface area contributed by atoms with E-state index in [-0.39, 0.29) is 11.2 Å². The number of nitrogens with one attached hydrogen (secondary N) is 1. The molecule has 1 N–H and O–H groups in total. The van der Waals surface area contributed by atoms with Crippen LogP contribution in [-0.4, -0.2) is 50.0 Å². The Morgan fingerprint density at radius 3 is 2.62 bits per heavy atom. The van der Waals surface area contributed by atoms with E-state index in [9.17, 15) is 17.2 Å². The Balaban J connectivity index is 1.62. The molecule has 2 heterocycles. The molecule has 4 rings (SSSR count). The Hall–Kier alpha value is -2.04. The average molecular weight is 489 g/mol. The second-order valence-electron chi connectivity index (χ2n) is 8.65. The zero-order valence-corrected chi connectivity index (χ0v) is 19.3. The van der Waals surface area contributed by atoms with Crippen LogP contribution in [0.2, 0.25) is 5.02 Å². The second kappa shape index (κ2) is 8.39. The van der Waals surface area contributed by atoms with Crippen LogP contribution in [0.4, 0.5) is 24.7 Å². The third-order valence-electron chi connectivity index (χ3n) is 6.59. The number of aromatic nitrogens is 1. The summed E-state index contributed by atoms with van der Waals surface area (Å²) >= 11 is 6.19. The standard InChI is InChI=1S/C21H24ClF3N4O2S/c1-21(28(2)13-5-3-6-13)9-10-29(12-21)15-11-14(23)20(19(25)18(15)22)32(30,31)27-17-8-4-7-16(24)26-17/h4,7-8,11,13H,3,5-6,9-10,12H2,1-2H3,(H,26,27)/t21-/m1/s1. The van der Waals surface area contributed by atoms with Gasteiger partial charge in [-0.15, -0.1) is 0 Å². The van der Waals surface area contributed by atoms with Gasteiger partial charge in [0.15, 0.2) is 10.7 Å². The zero-order chi connectivity index (χ0) is 23.3. The number of benzene rings is 1. The van der Waals surface area contributed by atoms with Crippen molar-refractivity contribution in [1.82, 2.24) is 9.88 Å². The topological polar surface area (TPSA) is 65.5 Å². The molecule has 1 atom stereocenters. The largest absolute Gasteiger partial charge is 0.368 e. The lowest BCUT2D eigenvalue weighted by atomic mass is 9.87. The van der Waals surface area contributed by atoms with Crippen molar-refractivity contribution >= 4 is 33.1 Å². The molecule has 174 valence electrons. The minimum Gasteiger partial charge on any atom is -0.368 e. The highest BCUT2D eigenvalue weighted by molar-refractivity contribution is 7.92. The number of rotatable bonds is 6. The van der Waals surface area contributed by atoms with Crippen LogP contribution in [0.25, 0.3) is 0 Å². The van der Waals surface area contributed by atoms with E-state index in [0.717, 1.165) is 37.5 Å². The summed E-state index contributed by atoms with van der Waals surface area (Å²) in [5, 5.41) is -0.477. The first-order valence-corrected chi connectivity index (χ1v) is 12.2. The lowest BCUT2D eigenvalue weighted by molar-refractivity contribution is 0.0584. The first-order valence-electron chi connectivity index (χ1n) is 10.3. The number of anilines is 2. The van der Waals surface area contributed by atoms with Crippen LogP contribution in [0.15, 0.2) is 29.2 Å². The van der Waals surface area contributed by atoms with Crippen LogP contribution in [0.3, 0.4) is 0 Å². The summed E-state index contributed by atoms with van der Waals surface area (Å²) in [6.45, 7) is 3.15. The Kier molecular flexibility index (Phi) is 6.06. The van der Waals surface area contributed by atoms with Gasteiger partial charge in [-0.1, -0.05) is 24.1 Å². The van der Waals surface area contributed by atoms with E-state index in [1.54, 1.807) is 4.90 Å². The van der Waals surface area contributed by atoms with Crippen molar-refractivity contribution in [1.29, 1.82) is 0 Å². The van der Waals surface area contributed by atoms with Crippen molar-refractivity contribution in [3.8, 4) is 0 Å². The van der Waals surface area contributed by atoms with E-state index in [1.807, 2.05) is 4.72 Å². The number of hydrogen-bond acceptors (Lipinski definition) is 5. The number of halogens is 4. The van der Waals surface area contributed by atoms with E-state index < -0.39 is 43.3 Å². The Bertz CT molecular complexity index is 1150. The summed E-state index contributed by atoms with van der Waals surface area (Å²) < 4.78 is 70.4. The Morgan fingerprint density at radius 2 is 2.00 bits per heavy atom. The smallest absolute Gasteiger partial charge is 0.268 e. The van der Waals surface area contributed by atoms with E-state index >= 15 is 4.39 Å². The van der Waals surface area contributed by atoms with Crippen LogP contribution in [0.1, 0.15) is 32.6 Å². The van der Waals surface area contributed by atoms with Crippen molar-refractivity contribution in [3.05, 3.63) is 46.9 Å². The molecular weight excluding hydrogens is 465 g/mol. The molecule has 6 nitrogen and oxygen atoms in total. The molecule has 1 aliphatic heterocycles. The molecule has 2 aliphatic rings. The summed E-state index contributed by atoms with van der Waals surface area (Å²) in [4.78, 5) is 6.23. The van der Waals surface area contributed by atoms with Crippen molar-refractivity contribution in [2.45, 2.75) is 49.1 Å². The highest BCUT2D eigenvalue weighted by Gasteiger charge is 2.42. The van der Waals surface area contributed by atoms with Crippen molar-refractivity contribution in [3.63, 3.8) is 0 Å². The Labute approximate surface area is 190 Å². The van der Waals surface area contributed by atoms with Crippen LogP contribution >= 0.6 is 11.6 Å². The fourth-order valence-electron chi connectivity index (χ4n) is 4.35. The fraction of sp³-hybridized carbons (Fsp3) is 0.476. The van der Waals surface area contributed by atoms with Crippen molar-refractivity contribution in [2.24, 2.45) is 0 Å². The normalized spacial score (nSPS) is 21.8. The SMILES string of the molecule is CN(C1CCC1)[C@]1(C)CCN(c2cc(F)c(S(=O)(=O)Nc3cccc(F)n3)c(F)c2Cl)C1. The van der Waals surface area contributed by atoms with Crippen LogP contribution < -0.4 is 9.62 Å². The minimum absolute atomic E-state index is 0.107. The second-order valence-corrected chi connectivity index (χ2v) is 10.6. The van der Waals surface area contributed by atoms with Gasteiger partial charge in [0.2, 0.25) is 5.95 Å². The molecule has 0 spiro atoms. The molecule has 0 amide bonds. The van der Waals surface area contributed by atoms with Crippen LogP contribution in [0.5, 0.6) is 0 Å². The van der Waals surface area contributed by atoms with Gasteiger partial charge in [0.1, 0.15) is 16.7 Å². The van der Waals surface area contributed by atoms with E-state index in [4.69, 9.17) is 11.6 Å². The first kappa shape index (κ1) is 23.1. The lowest BCUT2D eigenvalue weighted by Crippen LogP contribution is -2.53. The number of hydrogen-bond donors (Lipinski definition) is 1. The van der Waals surface area contributed by atoms with E-state index in [2.05, 4.69) is 23.9 Å². The molecule has 2 aromatic rings. The summed E-state index contributed by atoms with van der Waals surface area (Å²) in [5.41, 5.74) is -0.0771. The molecule has 1 aromatic carbocycles. The third-order valence-corrected chi connectivity index (χ3v) is 8.34. The number of nitrogens with zero attached hydrogens (tertiary/aromatic N) is 3. The molecule has 0 radical (unpaired) electrons. The molecular formula is C21H24ClF3N4O2S. The fourth-order valence-corrected chi connectivity index (χ4v) is 5.82. The summed E-state index contributed by atoms with van der Waals surface area (Å²) in [6, 6.07) is 4.83. The van der Waals surface area contributed by atoms with E-state index in [0.29, 0.717) is 19.1 Å².